The van der Waals surface area contributed by atoms with E-state index in [4.69, 9.17) is 4.74 Å². The van der Waals surface area contributed by atoms with Crippen LogP contribution in [0, 0.1) is 20.2 Å². The van der Waals surface area contributed by atoms with Crippen molar-refractivity contribution in [1.29, 1.82) is 0 Å². The number of amides is 1. The lowest BCUT2D eigenvalue weighted by atomic mass is 10.2. The van der Waals surface area contributed by atoms with Crippen molar-refractivity contribution in [2.45, 2.75) is 13.2 Å². The maximum absolute atomic E-state index is 11.6. The van der Waals surface area contributed by atoms with Gasteiger partial charge >= 0.3 is 6.09 Å². The van der Waals surface area contributed by atoms with Gasteiger partial charge in [-0.1, -0.05) is 12.1 Å². The molecule has 0 aromatic heterocycles. The van der Waals surface area contributed by atoms with Crippen molar-refractivity contribution in [3.8, 4) is 0 Å². The van der Waals surface area contributed by atoms with Gasteiger partial charge in [0.25, 0.3) is 11.4 Å². The topological polar surface area (TPSA) is 125 Å². The summed E-state index contributed by atoms with van der Waals surface area (Å²) < 4.78 is 4.98. The number of non-ortho nitro benzene ring substituents is 2. The number of hydrogen-bond acceptors (Lipinski definition) is 6. The van der Waals surface area contributed by atoms with Crippen LogP contribution in [0.3, 0.4) is 0 Å². The van der Waals surface area contributed by atoms with E-state index in [0.717, 1.165) is 0 Å². The molecular formula is C15H13N3O6. The van der Waals surface area contributed by atoms with E-state index in [1.165, 1.54) is 48.5 Å². The third-order valence-corrected chi connectivity index (χ3v) is 3.10. The first-order valence-electron chi connectivity index (χ1n) is 6.83. The van der Waals surface area contributed by atoms with Crippen molar-refractivity contribution in [2.24, 2.45) is 0 Å². The number of rotatable bonds is 6. The van der Waals surface area contributed by atoms with E-state index in [9.17, 15) is 25.0 Å². The number of alkyl carbamates (subject to hydrolysis) is 1. The molecule has 0 saturated heterocycles. The Labute approximate surface area is 136 Å². The van der Waals surface area contributed by atoms with Crippen LogP contribution in [0.5, 0.6) is 0 Å². The van der Waals surface area contributed by atoms with Gasteiger partial charge in [-0.15, -0.1) is 0 Å². The Morgan fingerprint density at radius 2 is 1.33 bits per heavy atom. The Hall–Kier alpha value is -3.49. The van der Waals surface area contributed by atoms with Crippen molar-refractivity contribution in [3.63, 3.8) is 0 Å². The Morgan fingerprint density at radius 1 is 0.875 bits per heavy atom. The highest BCUT2D eigenvalue weighted by atomic mass is 16.6. The summed E-state index contributed by atoms with van der Waals surface area (Å²) in [4.78, 5) is 31.6. The van der Waals surface area contributed by atoms with Crippen LogP contribution in [0.4, 0.5) is 16.2 Å². The number of benzene rings is 2. The molecule has 2 aromatic carbocycles. The minimum absolute atomic E-state index is 0.0237. The number of ether oxygens (including phenoxy) is 1. The standard InChI is InChI=1S/C15H13N3O6/c19-15(16-9-11-1-5-13(6-2-11)17(20)21)24-10-12-3-7-14(8-4-12)18(22)23/h1-8H,9-10H2,(H,16,19). The summed E-state index contributed by atoms with van der Waals surface area (Å²) >= 11 is 0. The predicted molar refractivity (Wildman–Crippen MR) is 83.2 cm³/mol. The van der Waals surface area contributed by atoms with E-state index < -0.39 is 15.9 Å². The first-order chi connectivity index (χ1) is 11.5. The number of carbonyl (C=O) groups excluding carboxylic acids is 1. The lowest BCUT2D eigenvalue weighted by Gasteiger charge is -2.07. The quantitative estimate of drug-likeness (QED) is 0.641. The fourth-order valence-electron chi connectivity index (χ4n) is 1.82. The summed E-state index contributed by atoms with van der Waals surface area (Å²) in [5, 5.41) is 23.6. The van der Waals surface area contributed by atoms with Gasteiger partial charge in [0.2, 0.25) is 0 Å². The number of nitro benzene ring substituents is 2. The molecule has 0 aliphatic rings. The van der Waals surface area contributed by atoms with Crippen LogP contribution >= 0.6 is 0 Å². The Bertz CT molecular complexity index is 679. The summed E-state index contributed by atoms with van der Waals surface area (Å²) in [6.45, 7) is 0.140. The number of carbonyl (C=O) groups is 1. The molecule has 24 heavy (non-hydrogen) atoms. The minimum Gasteiger partial charge on any atom is -0.445 e. The van der Waals surface area contributed by atoms with E-state index in [1.54, 1.807) is 0 Å². The fraction of sp³-hybridized carbons (Fsp3) is 0.133. The monoisotopic (exact) mass is 331 g/mol. The first kappa shape index (κ1) is 16.9. The number of nitrogens with one attached hydrogen (secondary N) is 1. The molecule has 9 nitrogen and oxygen atoms in total. The van der Waals surface area contributed by atoms with Gasteiger partial charge in [0.15, 0.2) is 0 Å². The highest BCUT2D eigenvalue weighted by Gasteiger charge is 2.07. The van der Waals surface area contributed by atoms with E-state index in [2.05, 4.69) is 5.32 Å². The number of nitrogens with zero attached hydrogens (tertiary/aromatic N) is 2. The summed E-state index contributed by atoms with van der Waals surface area (Å²) in [5.74, 6) is 0. The molecule has 2 aromatic rings. The molecule has 0 heterocycles. The van der Waals surface area contributed by atoms with Gasteiger partial charge in [0, 0.05) is 30.8 Å². The zero-order chi connectivity index (χ0) is 17.5. The SMILES string of the molecule is O=C(NCc1ccc([N+](=O)[O-])cc1)OCc1ccc([N+](=O)[O-])cc1. The van der Waals surface area contributed by atoms with Crippen molar-refractivity contribution in [1.82, 2.24) is 5.32 Å². The fourth-order valence-corrected chi connectivity index (χ4v) is 1.82. The van der Waals surface area contributed by atoms with Crippen LogP contribution in [0.25, 0.3) is 0 Å². The van der Waals surface area contributed by atoms with Gasteiger partial charge in [-0.2, -0.15) is 0 Å². The normalized spacial score (nSPS) is 10.0. The molecular weight excluding hydrogens is 318 g/mol. The minimum atomic E-state index is -0.660. The molecule has 2 rings (SSSR count). The van der Waals surface area contributed by atoms with Crippen molar-refractivity contribution in [2.75, 3.05) is 0 Å². The first-order valence-corrected chi connectivity index (χ1v) is 6.83. The smallest absolute Gasteiger partial charge is 0.407 e. The van der Waals surface area contributed by atoms with E-state index in [1.807, 2.05) is 0 Å². The molecule has 0 fully saturated rings. The van der Waals surface area contributed by atoms with E-state index in [-0.39, 0.29) is 24.5 Å². The third-order valence-electron chi connectivity index (χ3n) is 3.10. The largest absolute Gasteiger partial charge is 0.445 e. The molecule has 1 amide bonds. The molecule has 0 bridgehead atoms. The summed E-state index contributed by atoms with van der Waals surface area (Å²) in [5.41, 5.74) is 1.24. The maximum atomic E-state index is 11.6. The number of nitro groups is 2. The Morgan fingerprint density at radius 3 is 1.79 bits per heavy atom. The second kappa shape index (κ2) is 7.68. The molecule has 0 radical (unpaired) electrons. The Kier molecular flexibility index (Phi) is 5.40. The number of hydrogen-bond donors (Lipinski definition) is 1. The van der Waals surface area contributed by atoms with E-state index >= 15 is 0 Å². The van der Waals surface area contributed by atoms with Gasteiger partial charge in [0.05, 0.1) is 9.85 Å². The second-order valence-electron chi connectivity index (χ2n) is 4.78. The van der Waals surface area contributed by atoms with Gasteiger partial charge in [-0.05, 0) is 23.3 Å². The van der Waals surface area contributed by atoms with E-state index in [0.29, 0.717) is 11.1 Å². The highest BCUT2D eigenvalue weighted by Crippen LogP contribution is 2.13. The molecule has 0 atom stereocenters. The van der Waals surface area contributed by atoms with Gasteiger partial charge in [-0.25, -0.2) is 4.79 Å². The summed E-state index contributed by atoms with van der Waals surface area (Å²) in [6.07, 6.45) is -0.660. The summed E-state index contributed by atoms with van der Waals surface area (Å²) in [6, 6.07) is 11.4. The van der Waals surface area contributed by atoms with Crippen LogP contribution < -0.4 is 5.32 Å². The van der Waals surface area contributed by atoms with Crippen LogP contribution in [0.15, 0.2) is 48.5 Å². The molecule has 1 N–H and O–H groups in total. The predicted octanol–water partition coefficient (Wildman–Crippen LogP) is 2.93. The molecule has 9 heteroatoms. The molecule has 0 saturated carbocycles. The summed E-state index contributed by atoms with van der Waals surface area (Å²) in [7, 11) is 0. The molecule has 0 unspecified atom stereocenters. The lowest BCUT2D eigenvalue weighted by Crippen LogP contribution is -2.23. The molecule has 0 aliphatic heterocycles. The second-order valence-corrected chi connectivity index (χ2v) is 4.78. The van der Waals surface area contributed by atoms with Gasteiger partial charge < -0.3 is 10.1 Å². The van der Waals surface area contributed by atoms with Crippen LogP contribution in [-0.4, -0.2) is 15.9 Å². The maximum Gasteiger partial charge on any atom is 0.407 e. The molecule has 0 aliphatic carbocycles. The van der Waals surface area contributed by atoms with Gasteiger partial charge in [-0.3, -0.25) is 20.2 Å². The lowest BCUT2D eigenvalue weighted by molar-refractivity contribution is -0.385. The van der Waals surface area contributed by atoms with Crippen LogP contribution in [0.1, 0.15) is 11.1 Å². The molecule has 124 valence electrons. The Balaban J connectivity index is 1.78. The zero-order valence-electron chi connectivity index (χ0n) is 12.4. The van der Waals surface area contributed by atoms with Crippen molar-refractivity contribution < 1.29 is 19.4 Å². The van der Waals surface area contributed by atoms with Crippen molar-refractivity contribution >= 4 is 17.5 Å². The third kappa shape index (κ3) is 4.77. The average molecular weight is 331 g/mol. The van der Waals surface area contributed by atoms with Crippen LogP contribution in [-0.2, 0) is 17.9 Å². The van der Waals surface area contributed by atoms with Crippen molar-refractivity contribution in [3.05, 3.63) is 79.9 Å². The van der Waals surface area contributed by atoms with Gasteiger partial charge in [0.1, 0.15) is 6.61 Å². The van der Waals surface area contributed by atoms with Crippen LogP contribution in [0.2, 0.25) is 0 Å². The zero-order valence-corrected chi connectivity index (χ0v) is 12.4. The molecule has 0 spiro atoms. The highest BCUT2D eigenvalue weighted by molar-refractivity contribution is 5.67. The average Bonchev–Trinajstić information content (AvgIpc) is 2.58.